The number of piperidine rings is 1. The van der Waals surface area contributed by atoms with Gasteiger partial charge in [-0.3, -0.25) is 9.59 Å². The summed E-state index contributed by atoms with van der Waals surface area (Å²) >= 11 is 0. The van der Waals surface area contributed by atoms with Gasteiger partial charge in [-0.2, -0.15) is 0 Å². The lowest BCUT2D eigenvalue weighted by Crippen LogP contribution is -2.53. The van der Waals surface area contributed by atoms with Crippen LogP contribution >= 0.6 is 0 Å². The number of likely N-dealkylation sites (tertiary alicyclic amines) is 1. The number of amides is 3. The van der Waals surface area contributed by atoms with E-state index in [-0.39, 0.29) is 24.4 Å². The predicted octanol–water partition coefficient (Wildman–Crippen LogP) is 0.407. The SMILES string of the molecule is CC(C)C1(C(=O)O)CCN(C(=O)NC2CCCNC2=O)C1. The first-order chi connectivity index (χ1) is 9.86. The molecule has 2 aliphatic rings. The molecule has 21 heavy (non-hydrogen) atoms. The van der Waals surface area contributed by atoms with Crippen LogP contribution in [-0.4, -0.2) is 53.6 Å². The number of hydrogen-bond acceptors (Lipinski definition) is 3. The van der Waals surface area contributed by atoms with Crippen molar-refractivity contribution in [2.45, 2.75) is 39.2 Å². The quantitative estimate of drug-likeness (QED) is 0.702. The zero-order valence-electron chi connectivity index (χ0n) is 12.5. The molecule has 2 saturated heterocycles. The number of rotatable bonds is 3. The van der Waals surface area contributed by atoms with Crippen LogP contribution in [-0.2, 0) is 9.59 Å². The number of carbonyl (C=O) groups is 3. The van der Waals surface area contributed by atoms with Crippen molar-refractivity contribution < 1.29 is 19.5 Å². The van der Waals surface area contributed by atoms with Crippen molar-refractivity contribution in [3.8, 4) is 0 Å². The monoisotopic (exact) mass is 297 g/mol. The van der Waals surface area contributed by atoms with Crippen molar-refractivity contribution in [2.75, 3.05) is 19.6 Å². The van der Waals surface area contributed by atoms with Crippen molar-refractivity contribution in [3.63, 3.8) is 0 Å². The molecule has 0 aliphatic carbocycles. The number of nitrogens with zero attached hydrogens (tertiary/aromatic N) is 1. The lowest BCUT2D eigenvalue weighted by atomic mass is 9.76. The maximum absolute atomic E-state index is 12.2. The fourth-order valence-electron chi connectivity index (χ4n) is 3.05. The van der Waals surface area contributed by atoms with Gasteiger partial charge in [0, 0.05) is 19.6 Å². The van der Waals surface area contributed by atoms with E-state index in [9.17, 15) is 19.5 Å². The van der Waals surface area contributed by atoms with E-state index in [1.807, 2.05) is 13.8 Å². The van der Waals surface area contributed by atoms with Gasteiger partial charge in [0.2, 0.25) is 5.91 Å². The van der Waals surface area contributed by atoms with Gasteiger partial charge in [0.15, 0.2) is 0 Å². The molecule has 0 saturated carbocycles. The number of carbonyl (C=O) groups excluding carboxylic acids is 2. The smallest absolute Gasteiger partial charge is 0.318 e. The van der Waals surface area contributed by atoms with Gasteiger partial charge in [0.1, 0.15) is 6.04 Å². The van der Waals surface area contributed by atoms with Crippen LogP contribution < -0.4 is 10.6 Å². The van der Waals surface area contributed by atoms with Crippen LogP contribution in [0.5, 0.6) is 0 Å². The summed E-state index contributed by atoms with van der Waals surface area (Å²) in [6.45, 7) is 4.98. The molecular weight excluding hydrogens is 274 g/mol. The lowest BCUT2D eigenvalue weighted by molar-refractivity contribution is -0.150. The van der Waals surface area contributed by atoms with Crippen LogP contribution in [0.15, 0.2) is 0 Å². The fraction of sp³-hybridized carbons (Fsp3) is 0.786. The van der Waals surface area contributed by atoms with Crippen LogP contribution in [0.3, 0.4) is 0 Å². The maximum Gasteiger partial charge on any atom is 0.318 e. The molecule has 3 N–H and O–H groups in total. The number of urea groups is 1. The predicted molar refractivity (Wildman–Crippen MR) is 75.7 cm³/mol. The molecule has 0 aromatic rings. The van der Waals surface area contributed by atoms with Crippen LogP contribution in [0.25, 0.3) is 0 Å². The maximum atomic E-state index is 12.2. The van der Waals surface area contributed by atoms with E-state index in [4.69, 9.17) is 0 Å². The number of carboxylic acids is 1. The Morgan fingerprint density at radius 1 is 1.48 bits per heavy atom. The second-order valence-corrected chi connectivity index (χ2v) is 6.22. The normalized spacial score (nSPS) is 29.4. The van der Waals surface area contributed by atoms with E-state index in [1.54, 1.807) is 0 Å². The third-order valence-electron chi connectivity index (χ3n) is 4.70. The second kappa shape index (κ2) is 5.91. The number of carboxylic acid groups (broad SMARTS) is 1. The molecule has 2 rings (SSSR count). The lowest BCUT2D eigenvalue weighted by Gasteiger charge is -2.29. The summed E-state index contributed by atoms with van der Waals surface area (Å²) in [4.78, 5) is 36.9. The molecule has 0 radical (unpaired) electrons. The Balaban J connectivity index is 1.98. The van der Waals surface area contributed by atoms with Gasteiger partial charge in [-0.25, -0.2) is 4.79 Å². The Bertz CT molecular complexity index is 452. The molecule has 0 aromatic carbocycles. The zero-order chi connectivity index (χ0) is 15.6. The highest BCUT2D eigenvalue weighted by Crippen LogP contribution is 2.38. The molecule has 2 fully saturated rings. The first-order valence-electron chi connectivity index (χ1n) is 7.43. The Morgan fingerprint density at radius 2 is 2.19 bits per heavy atom. The Kier molecular flexibility index (Phi) is 4.39. The molecule has 2 atom stereocenters. The topological polar surface area (TPSA) is 98.7 Å². The third-order valence-corrected chi connectivity index (χ3v) is 4.70. The third kappa shape index (κ3) is 2.96. The van der Waals surface area contributed by atoms with Gasteiger partial charge >= 0.3 is 12.0 Å². The summed E-state index contributed by atoms with van der Waals surface area (Å²) in [5.74, 6) is -1.07. The number of hydrogen-bond donors (Lipinski definition) is 3. The average Bonchev–Trinajstić information content (AvgIpc) is 2.88. The standard InChI is InChI=1S/C14H23N3O4/c1-9(2)14(12(19)20)5-7-17(8-14)13(21)16-10-4-3-6-15-11(10)18/h9-10H,3-8H2,1-2H3,(H,15,18)(H,16,21)(H,19,20). The van der Waals surface area contributed by atoms with Crippen molar-refractivity contribution >= 4 is 17.9 Å². The Morgan fingerprint density at radius 3 is 2.71 bits per heavy atom. The minimum absolute atomic E-state index is 0.0502. The molecule has 2 heterocycles. The van der Waals surface area contributed by atoms with E-state index in [0.717, 1.165) is 6.42 Å². The van der Waals surface area contributed by atoms with Crippen molar-refractivity contribution in [1.29, 1.82) is 0 Å². The minimum atomic E-state index is -0.883. The minimum Gasteiger partial charge on any atom is -0.481 e. The Labute approximate surface area is 124 Å². The molecule has 118 valence electrons. The largest absolute Gasteiger partial charge is 0.481 e. The number of aliphatic carboxylic acids is 1. The summed E-state index contributed by atoms with van der Waals surface area (Å²) in [7, 11) is 0. The van der Waals surface area contributed by atoms with Crippen LogP contribution in [0.4, 0.5) is 4.79 Å². The van der Waals surface area contributed by atoms with Crippen molar-refractivity contribution in [3.05, 3.63) is 0 Å². The molecule has 7 heteroatoms. The summed E-state index contributed by atoms with van der Waals surface area (Å²) in [6, 6.07) is -0.856. The molecular formula is C14H23N3O4. The molecule has 0 spiro atoms. The van der Waals surface area contributed by atoms with Crippen LogP contribution in [0.1, 0.15) is 33.1 Å². The van der Waals surface area contributed by atoms with Gasteiger partial charge in [0.25, 0.3) is 0 Å². The summed E-state index contributed by atoms with van der Waals surface area (Å²) in [6.07, 6.45) is 1.91. The molecule has 0 bridgehead atoms. The Hall–Kier alpha value is -1.79. The highest BCUT2D eigenvalue weighted by Gasteiger charge is 2.48. The van der Waals surface area contributed by atoms with Gasteiger partial charge < -0.3 is 20.6 Å². The van der Waals surface area contributed by atoms with E-state index in [2.05, 4.69) is 10.6 Å². The fourth-order valence-corrected chi connectivity index (χ4v) is 3.05. The van der Waals surface area contributed by atoms with Gasteiger partial charge in [-0.1, -0.05) is 13.8 Å². The van der Waals surface area contributed by atoms with E-state index in [1.165, 1.54) is 4.90 Å². The van der Waals surface area contributed by atoms with Crippen molar-refractivity contribution in [2.24, 2.45) is 11.3 Å². The van der Waals surface area contributed by atoms with E-state index in [0.29, 0.717) is 25.9 Å². The first kappa shape index (κ1) is 15.6. The average molecular weight is 297 g/mol. The molecule has 2 aliphatic heterocycles. The summed E-state index contributed by atoms with van der Waals surface area (Å²) in [5.41, 5.74) is -0.883. The van der Waals surface area contributed by atoms with E-state index < -0.39 is 17.4 Å². The molecule has 3 amide bonds. The van der Waals surface area contributed by atoms with Gasteiger partial charge in [0.05, 0.1) is 5.41 Å². The van der Waals surface area contributed by atoms with E-state index >= 15 is 0 Å². The summed E-state index contributed by atoms with van der Waals surface area (Å²) < 4.78 is 0. The summed E-state index contributed by atoms with van der Waals surface area (Å²) in [5, 5.41) is 14.9. The molecule has 0 aromatic heterocycles. The zero-order valence-corrected chi connectivity index (χ0v) is 12.5. The molecule has 7 nitrogen and oxygen atoms in total. The van der Waals surface area contributed by atoms with Crippen LogP contribution in [0.2, 0.25) is 0 Å². The first-order valence-corrected chi connectivity index (χ1v) is 7.43. The van der Waals surface area contributed by atoms with Crippen LogP contribution in [0, 0.1) is 11.3 Å². The number of nitrogens with one attached hydrogen (secondary N) is 2. The highest BCUT2D eigenvalue weighted by atomic mass is 16.4. The van der Waals surface area contributed by atoms with Gasteiger partial charge in [-0.05, 0) is 25.2 Å². The van der Waals surface area contributed by atoms with Crippen molar-refractivity contribution in [1.82, 2.24) is 15.5 Å². The van der Waals surface area contributed by atoms with Gasteiger partial charge in [-0.15, -0.1) is 0 Å². The second-order valence-electron chi connectivity index (χ2n) is 6.22. The highest BCUT2D eigenvalue weighted by molar-refractivity contribution is 5.88. The molecule has 2 unspecified atom stereocenters.